The first-order chi connectivity index (χ1) is 7.36. The Bertz CT molecular complexity index is 644. The topological polar surface area (TPSA) is 25.8 Å². The number of aryl methyl sites for hydroxylation is 1. The molecule has 0 saturated carbocycles. The second kappa shape index (κ2) is 3.02. The van der Waals surface area contributed by atoms with Crippen LogP contribution in [-0.2, 0) is 0 Å². The number of hydrogen-bond donors (Lipinski definition) is 0. The van der Waals surface area contributed by atoms with Gasteiger partial charge in [-0.05, 0) is 36.8 Å². The van der Waals surface area contributed by atoms with Crippen molar-refractivity contribution < 1.29 is 0 Å². The Balaban J connectivity index is 2.60. The maximum Gasteiger partial charge on any atom is 0.0798 e. The molecule has 2 nitrogen and oxygen atoms in total. The number of pyridine rings is 2. The minimum atomic E-state index is 1.00. The lowest BCUT2D eigenvalue weighted by Crippen LogP contribution is -1.85. The van der Waals surface area contributed by atoms with Gasteiger partial charge in [0, 0.05) is 23.2 Å². The van der Waals surface area contributed by atoms with Gasteiger partial charge in [-0.2, -0.15) is 0 Å². The molecule has 0 fully saturated rings. The average molecular weight is 194 g/mol. The predicted molar refractivity (Wildman–Crippen MR) is 61.8 cm³/mol. The van der Waals surface area contributed by atoms with Crippen LogP contribution in [0.3, 0.4) is 0 Å². The molecule has 3 rings (SSSR count). The first-order valence-corrected chi connectivity index (χ1v) is 4.95. The van der Waals surface area contributed by atoms with E-state index in [1.807, 2.05) is 30.6 Å². The van der Waals surface area contributed by atoms with Crippen LogP contribution in [0.1, 0.15) is 5.56 Å². The summed E-state index contributed by atoms with van der Waals surface area (Å²) in [7, 11) is 0. The smallest absolute Gasteiger partial charge is 0.0798 e. The molecule has 0 aliphatic heterocycles. The molecular formula is C13H10N2. The van der Waals surface area contributed by atoms with Gasteiger partial charge < -0.3 is 0 Å². The predicted octanol–water partition coefficient (Wildman–Crippen LogP) is 3.09. The molecule has 2 heterocycles. The lowest BCUT2D eigenvalue weighted by atomic mass is 10.1. The second-order valence-corrected chi connectivity index (χ2v) is 3.66. The highest BCUT2D eigenvalue weighted by Gasteiger charge is 2.02. The van der Waals surface area contributed by atoms with Crippen molar-refractivity contribution in [1.29, 1.82) is 0 Å². The fourth-order valence-electron chi connectivity index (χ4n) is 1.91. The van der Waals surface area contributed by atoms with Crippen LogP contribution in [0.15, 0.2) is 42.7 Å². The van der Waals surface area contributed by atoms with Gasteiger partial charge >= 0.3 is 0 Å². The molecule has 0 aliphatic carbocycles. The van der Waals surface area contributed by atoms with E-state index in [-0.39, 0.29) is 0 Å². The van der Waals surface area contributed by atoms with Crippen molar-refractivity contribution in [3.05, 3.63) is 48.3 Å². The summed E-state index contributed by atoms with van der Waals surface area (Å²) in [5.41, 5.74) is 3.30. The zero-order chi connectivity index (χ0) is 10.3. The summed E-state index contributed by atoms with van der Waals surface area (Å²) in [5, 5.41) is 2.33. The molecule has 72 valence electrons. The molecule has 0 radical (unpaired) electrons. The average Bonchev–Trinajstić information content (AvgIpc) is 2.29. The minimum absolute atomic E-state index is 1.00. The number of rotatable bonds is 0. The van der Waals surface area contributed by atoms with Gasteiger partial charge in [0.15, 0.2) is 0 Å². The zero-order valence-corrected chi connectivity index (χ0v) is 8.44. The van der Waals surface area contributed by atoms with E-state index in [4.69, 9.17) is 0 Å². The van der Waals surface area contributed by atoms with E-state index in [0.29, 0.717) is 0 Å². The highest BCUT2D eigenvalue weighted by atomic mass is 14.7. The van der Waals surface area contributed by atoms with E-state index in [1.165, 1.54) is 10.9 Å². The molecule has 1 aromatic carbocycles. The summed E-state index contributed by atoms with van der Waals surface area (Å²) in [6.07, 6.45) is 3.66. The Morgan fingerprint density at radius 2 is 1.80 bits per heavy atom. The largest absolute Gasteiger partial charge is 0.256 e. The summed E-state index contributed by atoms with van der Waals surface area (Å²) >= 11 is 0. The van der Waals surface area contributed by atoms with Crippen LogP contribution in [0, 0.1) is 6.92 Å². The van der Waals surface area contributed by atoms with Gasteiger partial charge in [-0.3, -0.25) is 9.97 Å². The first-order valence-electron chi connectivity index (χ1n) is 4.95. The molecule has 3 aromatic rings. The monoisotopic (exact) mass is 194 g/mol. The Kier molecular flexibility index (Phi) is 1.68. The lowest BCUT2D eigenvalue weighted by molar-refractivity contribution is 1.36. The van der Waals surface area contributed by atoms with Crippen LogP contribution in [0.5, 0.6) is 0 Å². The third-order valence-electron chi connectivity index (χ3n) is 2.71. The first kappa shape index (κ1) is 8.36. The standard InChI is InChI=1S/C13H10N2/c1-9-6-8-15-13-10(9)4-5-12-11(13)3-2-7-14-12/h2-8H,1H3. The summed E-state index contributed by atoms with van der Waals surface area (Å²) < 4.78 is 0. The van der Waals surface area contributed by atoms with Crippen LogP contribution in [-0.4, -0.2) is 9.97 Å². The Hall–Kier alpha value is -1.96. The molecular weight excluding hydrogens is 184 g/mol. The van der Waals surface area contributed by atoms with Gasteiger partial charge in [-0.15, -0.1) is 0 Å². The maximum atomic E-state index is 4.43. The summed E-state index contributed by atoms with van der Waals surface area (Å²) in [6.45, 7) is 2.10. The molecule has 2 heteroatoms. The van der Waals surface area contributed by atoms with Gasteiger partial charge in [0.05, 0.1) is 11.0 Å². The Morgan fingerprint density at radius 1 is 0.867 bits per heavy atom. The molecule has 15 heavy (non-hydrogen) atoms. The zero-order valence-electron chi connectivity index (χ0n) is 8.44. The van der Waals surface area contributed by atoms with Crippen molar-refractivity contribution in [3.8, 4) is 0 Å². The second-order valence-electron chi connectivity index (χ2n) is 3.66. The SMILES string of the molecule is Cc1ccnc2c1ccc1ncccc12. The van der Waals surface area contributed by atoms with E-state index in [0.717, 1.165) is 16.4 Å². The maximum absolute atomic E-state index is 4.43. The van der Waals surface area contributed by atoms with Crippen molar-refractivity contribution >= 4 is 21.8 Å². The number of aromatic nitrogens is 2. The van der Waals surface area contributed by atoms with Crippen LogP contribution < -0.4 is 0 Å². The molecule has 0 spiro atoms. The molecule has 0 saturated heterocycles. The lowest BCUT2D eigenvalue weighted by Gasteiger charge is -2.03. The molecule has 0 N–H and O–H groups in total. The Morgan fingerprint density at radius 3 is 2.73 bits per heavy atom. The summed E-state index contributed by atoms with van der Waals surface area (Å²) in [4.78, 5) is 8.75. The minimum Gasteiger partial charge on any atom is -0.256 e. The molecule has 0 bridgehead atoms. The highest BCUT2D eigenvalue weighted by molar-refractivity contribution is 6.04. The van der Waals surface area contributed by atoms with Gasteiger partial charge in [-0.1, -0.05) is 6.07 Å². The molecule has 2 aromatic heterocycles. The van der Waals surface area contributed by atoms with E-state index >= 15 is 0 Å². The normalized spacial score (nSPS) is 11.0. The fraction of sp³-hybridized carbons (Fsp3) is 0.0769. The highest BCUT2D eigenvalue weighted by Crippen LogP contribution is 2.23. The van der Waals surface area contributed by atoms with Crippen molar-refractivity contribution in [2.45, 2.75) is 6.92 Å². The van der Waals surface area contributed by atoms with Crippen molar-refractivity contribution in [1.82, 2.24) is 9.97 Å². The van der Waals surface area contributed by atoms with Gasteiger partial charge in [0.25, 0.3) is 0 Å². The van der Waals surface area contributed by atoms with Crippen molar-refractivity contribution in [3.63, 3.8) is 0 Å². The van der Waals surface area contributed by atoms with Crippen LogP contribution in [0.25, 0.3) is 21.8 Å². The third kappa shape index (κ3) is 1.18. The van der Waals surface area contributed by atoms with E-state index in [9.17, 15) is 0 Å². The molecule has 0 unspecified atom stereocenters. The van der Waals surface area contributed by atoms with Crippen molar-refractivity contribution in [2.24, 2.45) is 0 Å². The van der Waals surface area contributed by atoms with E-state index < -0.39 is 0 Å². The number of hydrogen-bond acceptors (Lipinski definition) is 2. The molecule has 0 amide bonds. The summed E-state index contributed by atoms with van der Waals surface area (Å²) in [5.74, 6) is 0. The molecule has 0 aliphatic rings. The van der Waals surface area contributed by atoms with Gasteiger partial charge in [0.2, 0.25) is 0 Å². The number of benzene rings is 1. The molecule has 0 atom stereocenters. The van der Waals surface area contributed by atoms with Crippen molar-refractivity contribution in [2.75, 3.05) is 0 Å². The van der Waals surface area contributed by atoms with Crippen LogP contribution >= 0.6 is 0 Å². The van der Waals surface area contributed by atoms with E-state index in [1.54, 1.807) is 0 Å². The van der Waals surface area contributed by atoms with Gasteiger partial charge in [0.1, 0.15) is 0 Å². The number of nitrogens with zero attached hydrogens (tertiary/aromatic N) is 2. The van der Waals surface area contributed by atoms with E-state index in [2.05, 4.69) is 29.0 Å². The third-order valence-corrected chi connectivity index (χ3v) is 2.71. The fourth-order valence-corrected chi connectivity index (χ4v) is 1.91. The number of fused-ring (bicyclic) bond motifs is 3. The van der Waals surface area contributed by atoms with Crippen LogP contribution in [0.4, 0.5) is 0 Å². The van der Waals surface area contributed by atoms with Gasteiger partial charge in [-0.25, -0.2) is 0 Å². The van der Waals surface area contributed by atoms with Crippen LogP contribution in [0.2, 0.25) is 0 Å². The summed E-state index contributed by atoms with van der Waals surface area (Å²) in [6, 6.07) is 10.2. The quantitative estimate of drug-likeness (QED) is 0.514. The Labute approximate surface area is 87.6 Å².